The molecule has 0 fully saturated rings. The molecule has 0 radical (unpaired) electrons. The Morgan fingerprint density at radius 2 is 2.27 bits per heavy atom. The zero-order valence-electron chi connectivity index (χ0n) is 12.5. The number of allylic oxidation sites excluding steroid dienone is 2. The van der Waals surface area contributed by atoms with Gasteiger partial charge in [0.1, 0.15) is 11.7 Å². The van der Waals surface area contributed by atoms with E-state index in [1.54, 1.807) is 19.1 Å². The Morgan fingerprint density at radius 3 is 2.82 bits per heavy atom. The number of hydrazine groups is 1. The van der Waals surface area contributed by atoms with Crippen LogP contribution in [0.25, 0.3) is 0 Å². The third-order valence-corrected chi connectivity index (χ3v) is 3.72. The van der Waals surface area contributed by atoms with Gasteiger partial charge in [-0.1, -0.05) is 18.6 Å². The summed E-state index contributed by atoms with van der Waals surface area (Å²) < 4.78 is 38.8. The summed E-state index contributed by atoms with van der Waals surface area (Å²) in [6.45, 7) is 6.06. The molecular formula is C16H18F3N3. The van der Waals surface area contributed by atoms with E-state index in [9.17, 15) is 13.2 Å². The first-order valence-corrected chi connectivity index (χ1v) is 6.84. The van der Waals surface area contributed by atoms with Crippen LogP contribution in [0.15, 0.2) is 47.6 Å². The molecule has 1 atom stereocenters. The first-order chi connectivity index (χ1) is 10.3. The average molecular weight is 309 g/mol. The summed E-state index contributed by atoms with van der Waals surface area (Å²) in [5, 5.41) is 6.87. The van der Waals surface area contributed by atoms with Gasteiger partial charge in [0.25, 0.3) is 0 Å². The maximum Gasteiger partial charge on any atom is 0.402 e. The van der Waals surface area contributed by atoms with Gasteiger partial charge in [-0.25, -0.2) is 5.01 Å². The van der Waals surface area contributed by atoms with Gasteiger partial charge in [0.05, 0.1) is 0 Å². The number of terminal acetylenes is 1. The Labute approximate surface area is 128 Å². The van der Waals surface area contributed by atoms with E-state index in [4.69, 9.17) is 6.42 Å². The first-order valence-electron chi connectivity index (χ1n) is 6.84. The molecule has 0 spiro atoms. The Hall–Kier alpha value is -2.13. The Kier molecular flexibility index (Phi) is 4.38. The molecule has 118 valence electrons. The van der Waals surface area contributed by atoms with Crippen LogP contribution in [0, 0.1) is 18.3 Å². The molecule has 0 aromatic heterocycles. The summed E-state index contributed by atoms with van der Waals surface area (Å²) in [6.07, 6.45) is 5.77. The van der Waals surface area contributed by atoms with Crippen molar-refractivity contribution in [3.05, 3.63) is 47.6 Å². The van der Waals surface area contributed by atoms with Crippen molar-refractivity contribution in [1.29, 1.82) is 0 Å². The molecule has 0 aromatic carbocycles. The highest BCUT2D eigenvalue weighted by Gasteiger charge is 2.40. The molecule has 0 saturated carbocycles. The second-order valence-electron chi connectivity index (χ2n) is 5.23. The van der Waals surface area contributed by atoms with Crippen molar-refractivity contribution < 1.29 is 13.2 Å². The van der Waals surface area contributed by atoms with Crippen molar-refractivity contribution in [2.24, 2.45) is 5.92 Å². The highest BCUT2D eigenvalue weighted by atomic mass is 19.4. The molecule has 0 amide bonds. The minimum absolute atomic E-state index is 0.227. The van der Waals surface area contributed by atoms with Crippen LogP contribution in [0.4, 0.5) is 13.2 Å². The largest absolute Gasteiger partial charge is 0.402 e. The standard InChI is InChI=1S/C16H18F3N3/c1-5-12(9-13(6-2)16(17,18)19)14-10-21(4)22-8-7-11(3)20-15(14)22/h2,5,7-8,13,20H,3,9-10H2,1,4H3/b12-5+. The van der Waals surface area contributed by atoms with Crippen LogP contribution in [-0.2, 0) is 0 Å². The van der Waals surface area contributed by atoms with Gasteiger partial charge in [-0.3, -0.25) is 5.01 Å². The van der Waals surface area contributed by atoms with Crippen molar-refractivity contribution in [1.82, 2.24) is 15.3 Å². The maximum absolute atomic E-state index is 12.9. The van der Waals surface area contributed by atoms with Crippen molar-refractivity contribution >= 4 is 0 Å². The second-order valence-corrected chi connectivity index (χ2v) is 5.23. The molecule has 0 bridgehead atoms. The number of nitrogens with zero attached hydrogens (tertiary/aromatic N) is 2. The molecule has 1 unspecified atom stereocenters. The molecular weight excluding hydrogens is 291 g/mol. The fourth-order valence-corrected chi connectivity index (χ4v) is 2.52. The Bertz CT molecular complexity index is 605. The molecule has 2 rings (SSSR count). The minimum Gasteiger partial charge on any atom is -0.341 e. The lowest BCUT2D eigenvalue weighted by Crippen LogP contribution is -2.36. The van der Waals surface area contributed by atoms with Crippen LogP contribution < -0.4 is 5.32 Å². The number of alkyl halides is 3. The molecule has 2 aliphatic heterocycles. The number of rotatable bonds is 3. The molecule has 6 heteroatoms. The molecule has 0 aromatic rings. The van der Waals surface area contributed by atoms with Gasteiger partial charge in [0.2, 0.25) is 0 Å². The molecule has 3 nitrogen and oxygen atoms in total. The van der Waals surface area contributed by atoms with E-state index in [1.807, 2.05) is 29.2 Å². The Balaban J connectivity index is 2.32. The van der Waals surface area contributed by atoms with E-state index in [1.165, 1.54) is 0 Å². The lowest BCUT2D eigenvalue weighted by Gasteiger charge is -2.29. The van der Waals surface area contributed by atoms with Crippen molar-refractivity contribution in [3.63, 3.8) is 0 Å². The topological polar surface area (TPSA) is 18.5 Å². The summed E-state index contributed by atoms with van der Waals surface area (Å²) in [5.74, 6) is 0.808. The molecule has 2 aliphatic rings. The van der Waals surface area contributed by atoms with Gasteiger partial charge in [-0.15, -0.1) is 6.42 Å². The number of hydrogen-bond acceptors (Lipinski definition) is 3. The summed E-state index contributed by atoms with van der Waals surface area (Å²) in [5.41, 5.74) is 2.10. The number of hydrogen-bond donors (Lipinski definition) is 1. The summed E-state index contributed by atoms with van der Waals surface area (Å²) in [6, 6.07) is 0. The predicted molar refractivity (Wildman–Crippen MR) is 79.7 cm³/mol. The van der Waals surface area contributed by atoms with Gasteiger partial charge >= 0.3 is 6.18 Å². The van der Waals surface area contributed by atoms with Gasteiger partial charge in [-0.2, -0.15) is 13.2 Å². The van der Waals surface area contributed by atoms with Crippen LogP contribution in [0.1, 0.15) is 13.3 Å². The zero-order chi connectivity index (χ0) is 16.5. The number of nitrogens with one attached hydrogen (secondary N) is 1. The van der Waals surface area contributed by atoms with Gasteiger partial charge < -0.3 is 5.32 Å². The van der Waals surface area contributed by atoms with Crippen molar-refractivity contribution in [2.45, 2.75) is 19.5 Å². The predicted octanol–water partition coefficient (Wildman–Crippen LogP) is 3.14. The van der Waals surface area contributed by atoms with Gasteiger partial charge in [0.15, 0.2) is 0 Å². The quantitative estimate of drug-likeness (QED) is 0.808. The minimum atomic E-state index is -4.40. The monoisotopic (exact) mass is 309 g/mol. The van der Waals surface area contributed by atoms with Crippen LogP contribution in [0.2, 0.25) is 0 Å². The van der Waals surface area contributed by atoms with Crippen molar-refractivity contribution in [3.8, 4) is 12.3 Å². The van der Waals surface area contributed by atoms with Crippen LogP contribution >= 0.6 is 0 Å². The molecule has 1 N–H and O–H groups in total. The highest BCUT2D eigenvalue weighted by molar-refractivity contribution is 5.42. The fourth-order valence-electron chi connectivity index (χ4n) is 2.52. The number of halogens is 3. The Morgan fingerprint density at radius 1 is 1.59 bits per heavy atom. The first kappa shape index (κ1) is 16.2. The van der Waals surface area contributed by atoms with Crippen LogP contribution in [0.3, 0.4) is 0 Å². The third kappa shape index (κ3) is 3.04. The summed E-state index contributed by atoms with van der Waals surface area (Å²) >= 11 is 0. The van der Waals surface area contributed by atoms with E-state index in [0.717, 1.165) is 11.4 Å². The highest BCUT2D eigenvalue weighted by Crippen LogP contribution is 2.36. The summed E-state index contributed by atoms with van der Waals surface area (Å²) in [7, 11) is 1.86. The lowest BCUT2D eigenvalue weighted by atomic mass is 9.93. The molecule has 0 saturated heterocycles. The lowest BCUT2D eigenvalue weighted by molar-refractivity contribution is -0.157. The van der Waals surface area contributed by atoms with E-state index in [-0.39, 0.29) is 6.42 Å². The normalized spacial score (nSPS) is 20.8. The number of likely N-dealkylation sites (N-methyl/N-ethyl adjacent to an activating group) is 1. The van der Waals surface area contributed by atoms with Crippen molar-refractivity contribution in [2.75, 3.05) is 13.6 Å². The smallest absolute Gasteiger partial charge is 0.341 e. The third-order valence-electron chi connectivity index (χ3n) is 3.72. The van der Waals surface area contributed by atoms with Gasteiger partial charge in [0, 0.05) is 31.1 Å². The van der Waals surface area contributed by atoms with Crippen LogP contribution in [0.5, 0.6) is 0 Å². The SMILES string of the molecule is C#CC(C/C(=C\C)C1=C2NC(=C)C=CN2N(C)C1)C(F)(F)F. The van der Waals surface area contributed by atoms with Crippen LogP contribution in [-0.4, -0.2) is 29.8 Å². The number of fused-ring (bicyclic) bond motifs is 1. The van der Waals surface area contributed by atoms with E-state index < -0.39 is 12.1 Å². The molecule has 0 aliphatic carbocycles. The van der Waals surface area contributed by atoms with Gasteiger partial charge in [-0.05, 0) is 25.0 Å². The molecule has 2 heterocycles. The maximum atomic E-state index is 12.9. The zero-order valence-corrected chi connectivity index (χ0v) is 12.5. The van der Waals surface area contributed by atoms with E-state index >= 15 is 0 Å². The van der Waals surface area contributed by atoms with E-state index in [2.05, 4.69) is 11.9 Å². The summed E-state index contributed by atoms with van der Waals surface area (Å²) in [4.78, 5) is 0. The fraction of sp³-hybridized carbons (Fsp3) is 0.375. The van der Waals surface area contributed by atoms with E-state index in [0.29, 0.717) is 17.8 Å². The molecule has 22 heavy (non-hydrogen) atoms. The second kappa shape index (κ2) is 5.93. The average Bonchev–Trinajstić information content (AvgIpc) is 2.75.